The van der Waals surface area contributed by atoms with Crippen molar-refractivity contribution in [2.24, 2.45) is 11.8 Å². The number of aromatic nitrogens is 4. The molecule has 2 unspecified atom stereocenters. The molecule has 4 aromatic heterocycles. The highest BCUT2D eigenvalue weighted by atomic mass is 15.1. The molecule has 0 aliphatic heterocycles. The maximum absolute atomic E-state index is 4.87. The molecule has 0 saturated heterocycles. The zero-order valence-electron chi connectivity index (χ0n) is 17.9. The second-order valence-electron chi connectivity index (χ2n) is 9.09. The van der Waals surface area contributed by atoms with Gasteiger partial charge in [0.25, 0.3) is 0 Å². The van der Waals surface area contributed by atoms with E-state index in [0.29, 0.717) is 11.8 Å². The Kier molecular flexibility index (Phi) is 3.27. The van der Waals surface area contributed by atoms with Crippen LogP contribution in [-0.4, -0.2) is 19.1 Å². The number of benzene rings is 2. The van der Waals surface area contributed by atoms with E-state index >= 15 is 0 Å². The lowest BCUT2D eigenvalue weighted by Crippen LogP contribution is -2.03. The number of allylic oxidation sites excluding steroid dienone is 4. The highest BCUT2D eigenvalue weighted by Crippen LogP contribution is 2.52. The lowest BCUT2D eigenvalue weighted by Gasteiger charge is -2.14. The zero-order valence-corrected chi connectivity index (χ0v) is 17.9. The van der Waals surface area contributed by atoms with E-state index in [4.69, 9.17) is 9.97 Å². The third kappa shape index (κ3) is 2.25. The molecular formula is C29H20N4. The summed E-state index contributed by atoms with van der Waals surface area (Å²) in [6.07, 6.45) is 11.9. The van der Waals surface area contributed by atoms with Crippen LogP contribution < -0.4 is 0 Å². The van der Waals surface area contributed by atoms with Crippen LogP contribution in [0.3, 0.4) is 0 Å². The Morgan fingerprint density at radius 2 is 1.52 bits per heavy atom. The summed E-state index contributed by atoms with van der Waals surface area (Å²) in [4.78, 5) is 9.71. The van der Waals surface area contributed by atoms with E-state index in [1.54, 1.807) is 0 Å². The smallest absolute Gasteiger partial charge is 0.145 e. The van der Waals surface area contributed by atoms with Crippen LogP contribution in [0.25, 0.3) is 55.3 Å². The molecule has 2 aliphatic carbocycles. The summed E-state index contributed by atoms with van der Waals surface area (Å²) in [6.45, 7) is 0. The molecule has 4 heterocycles. The number of hydrogen-bond acceptors (Lipinski definition) is 2. The van der Waals surface area contributed by atoms with Crippen molar-refractivity contribution in [1.29, 1.82) is 0 Å². The molecule has 8 rings (SSSR count). The Hall–Kier alpha value is -4.18. The van der Waals surface area contributed by atoms with Gasteiger partial charge in [0.2, 0.25) is 0 Å². The fourth-order valence-electron chi connectivity index (χ4n) is 5.78. The van der Waals surface area contributed by atoms with E-state index in [2.05, 4.69) is 82.0 Å². The molecule has 0 bridgehead atoms. The van der Waals surface area contributed by atoms with Crippen molar-refractivity contribution >= 4 is 49.6 Å². The highest BCUT2D eigenvalue weighted by Gasteiger charge is 2.41. The quantitative estimate of drug-likeness (QED) is 0.309. The third-order valence-electron chi connectivity index (χ3n) is 7.29. The Balaban J connectivity index is 1.62. The normalized spacial score (nSPS) is 19.5. The standard InChI is InChI=1S/C29H20N4/c1-2-8-19(9-3-1)32-25-14-13-20-21-10-5-15-30-28(21)33(24-12-4-7-18-17-23(18)24)27(20)26(25)22-11-6-16-31-29(22)32/h1-16,18,23H,17H2. The second kappa shape index (κ2) is 6.20. The Morgan fingerprint density at radius 1 is 0.727 bits per heavy atom. The number of hydrogen-bond donors (Lipinski definition) is 0. The Bertz CT molecular complexity index is 1800. The largest absolute Gasteiger partial charge is 0.297 e. The maximum atomic E-state index is 4.87. The first kappa shape index (κ1) is 17.4. The summed E-state index contributed by atoms with van der Waals surface area (Å²) in [5.74, 6) is 1.24. The van der Waals surface area contributed by atoms with E-state index in [9.17, 15) is 0 Å². The SMILES string of the molecule is C1=CC2CC2C(n2c3ncccc3c3ccc4c(c5cccnc5n4-c4ccccc4)c32)=C1. The van der Waals surface area contributed by atoms with Crippen LogP contribution >= 0.6 is 0 Å². The van der Waals surface area contributed by atoms with Crippen molar-refractivity contribution in [3.05, 3.63) is 97.4 Å². The summed E-state index contributed by atoms with van der Waals surface area (Å²) in [7, 11) is 0. The average molecular weight is 425 g/mol. The molecule has 4 nitrogen and oxygen atoms in total. The highest BCUT2D eigenvalue weighted by molar-refractivity contribution is 6.25. The first-order valence-corrected chi connectivity index (χ1v) is 11.5. The molecule has 4 heteroatoms. The van der Waals surface area contributed by atoms with Gasteiger partial charge in [0.1, 0.15) is 11.3 Å². The van der Waals surface area contributed by atoms with Crippen molar-refractivity contribution in [2.45, 2.75) is 6.42 Å². The summed E-state index contributed by atoms with van der Waals surface area (Å²) >= 11 is 0. The minimum atomic E-state index is 0.576. The van der Waals surface area contributed by atoms with Gasteiger partial charge in [-0.3, -0.25) is 9.13 Å². The number of nitrogens with zero attached hydrogens (tertiary/aromatic N) is 4. The van der Waals surface area contributed by atoms with Gasteiger partial charge in [0.05, 0.1) is 11.0 Å². The first-order chi connectivity index (χ1) is 16.4. The molecule has 156 valence electrons. The predicted molar refractivity (Wildman–Crippen MR) is 134 cm³/mol. The van der Waals surface area contributed by atoms with E-state index in [-0.39, 0.29) is 0 Å². The number of rotatable bonds is 2. The van der Waals surface area contributed by atoms with Gasteiger partial charge in [0.15, 0.2) is 0 Å². The van der Waals surface area contributed by atoms with Gasteiger partial charge < -0.3 is 0 Å². The Labute approximate surface area is 190 Å². The molecule has 6 aromatic rings. The van der Waals surface area contributed by atoms with E-state index in [0.717, 1.165) is 17.0 Å². The number of para-hydroxylation sites is 1. The molecule has 33 heavy (non-hydrogen) atoms. The van der Waals surface area contributed by atoms with Crippen LogP contribution in [0.5, 0.6) is 0 Å². The van der Waals surface area contributed by atoms with Gasteiger partial charge in [-0.05, 0) is 60.9 Å². The van der Waals surface area contributed by atoms with Crippen LogP contribution in [0.4, 0.5) is 0 Å². The molecule has 2 aromatic carbocycles. The molecule has 1 saturated carbocycles. The molecule has 0 radical (unpaired) electrons. The lowest BCUT2D eigenvalue weighted by atomic mass is 10.1. The molecule has 0 spiro atoms. The minimum absolute atomic E-state index is 0.576. The van der Waals surface area contributed by atoms with E-state index in [1.807, 2.05) is 24.5 Å². The maximum Gasteiger partial charge on any atom is 0.145 e. The van der Waals surface area contributed by atoms with Crippen LogP contribution in [0.15, 0.2) is 97.4 Å². The van der Waals surface area contributed by atoms with Crippen LogP contribution in [0.1, 0.15) is 6.42 Å². The van der Waals surface area contributed by atoms with Crippen LogP contribution in [-0.2, 0) is 0 Å². The van der Waals surface area contributed by atoms with E-state index < -0.39 is 0 Å². The van der Waals surface area contributed by atoms with Gasteiger partial charge >= 0.3 is 0 Å². The first-order valence-electron chi connectivity index (χ1n) is 11.5. The monoisotopic (exact) mass is 424 g/mol. The molecule has 0 N–H and O–H groups in total. The summed E-state index contributed by atoms with van der Waals surface area (Å²) in [5, 5.41) is 4.86. The predicted octanol–water partition coefficient (Wildman–Crippen LogP) is 6.73. The molecule has 2 atom stereocenters. The fourth-order valence-corrected chi connectivity index (χ4v) is 5.78. The van der Waals surface area contributed by atoms with Gasteiger partial charge in [-0.25, -0.2) is 9.97 Å². The number of pyridine rings is 2. The molecule has 0 amide bonds. The molecule has 2 aliphatic rings. The molecular weight excluding hydrogens is 404 g/mol. The third-order valence-corrected chi connectivity index (χ3v) is 7.29. The van der Waals surface area contributed by atoms with Crippen molar-refractivity contribution < 1.29 is 0 Å². The summed E-state index contributed by atoms with van der Waals surface area (Å²) in [5.41, 5.74) is 6.91. The number of fused-ring (bicyclic) bond motifs is 8. The summed E-state index contributed by atoms with van der Waals surface area (Å²) in [6, 6.07) is 23.5. The van der Waals surface area contributed by atoms with Crippen LogP contribution in [0, 0.1) is 11.8 Å². The van der Waals surface area contributed by atoms with Gasteiger partial charge in [0, 0.05) is 51.2 Å². The topological polar surface area (TPSA) is 35.6 Å². The van der Waals surface area contributed by atoms with Crippen molar-refractivity contribution in [3.63, 3.8) is 0 Å². The lowest BCUT2D eigenvalue weighted by molar-refractivity contribution is 0.931. The summed E-state index contributed by atoms with van der Waals surface area (Å²) < 4.78 is 4.72. The Morgan fingerprint density at radius 3 is 2.36 bits per heavy atom. The van der Waals surface area contributed by atoms with Crippen molar-refractivity contribution in [3.8, 4) is 5.69 Å². The van der Waals surface area contributed by atoms with Gasteiger partial charge in [-0.1, -0.05) is 36.4 Å². The van der Waals surface area contributed by atoms with Crippen molar-refractivity contribution in [2.75, 3.05) is 0 Å². The van der Waals surface area contributed by atoms with E-state index in [1.165, 1.54) is 44.7 Å². The minimum Gasteiger partial charge on any atom is -0.297 e. The fraction of sp³-hybridized carbons (Fsp3) is 0.103. The average Bonchev–Trinajstić information content (AvgIpc) is 3.50. The van der Waals surface area contributed by atoms with Crippen molar-refractivity contribution in [1.82, 2.24) is 19.1 Å². The van der Waals surface area contributed by atoms with Gasteiger partial charge in [-0.15, -0.1) is 0 Å². The zero-order chi connectivity index (χ0) is 21.5. The van der Waals surface area contributed by atoms with Gasteiger partial charge in [-0.2, -0.15) is 0 Å². The second-order valence-corrected chi connectivity index (χ2v) is 9.09. The van der Waals surface area contributed by atoms with Crippen LogP contribution in [0.2, 0.25) is 0 Å². The molecule has 1 fully saturated rings.